The van der Waals surface area contributed by atoms with E-state index in [2.05, 4.69) is 26.9 Å². The highest BCUT2D eigenvalue weighted by Crippen LogP contribution is 2.48. The number of fused-ring (bicyclic) bond motifs is 1. The summed E-state index contributed by atoms with van der Waals surface area (Å²) in [6.07, 6.45) is 7.97. The summed E-state index contributed by atoms with van der Waals surface area (Å²) in [6.45, 7) is 2.14. The molecule has 2 N–H and O–H groups in total. The first kappa shape index (κ1) is 23.0. The second-order valence-electron chi connectivity index (χ2n) is 8.81. The van der Waals surface area contributed by atoms with Gasteiger partial charge < -0.3 is 5.32 Å². The molecule has 2 atom stereocenters. The fourth-order valence-electron chi connectivity index (χ4n) is 4.37. The highest BCUT2D eigenvalue weighted by Gasteiger charge is 2.44. The summed E-state index contributed by atoms with van der Waals surface area (Å²) < 4.78 is 27.7. The lowest BCUT2D eigenvalue weighted by atomic mass is 10.0. The van der Waals surface area contributed by atoms with Crippen molar-refractivity contribution in [3.05, 3.63) is 90.4 Å². The minimum Gasteiger partial charge on any atom is -0.326 e. The van der Waals surface area contributed by atoms with Gasteiger partial charge in [0.25, 0.3) is 10.0 Å². The molecule has 0 spiro atoms. The zero-order chi connectivity index (χ0) is 24.4. The van der Waals surface area contributed by atoms with Crippen LogP contribution in [0.2, 0.25) is 0 Å². The SMILES string of the molecule is CCCc1cncc2ccc(NC(=O)[C@@H]3CC3c3ccc(S(=O)(=O)Nc4ccccn4)cc3)cc12. The molecule has 35 heavy (non-hydrogen) atoms. The van der Waals surface area contributed by atoms with Crippen molar-refractivity contribution >= 4 is 38.2 Å². The normalized spacial score (nSPS) is 17.2. The number of benzene rings is 2. The van der Waals surface area contributed by atoms with Crippen LogP contribution in [-0.2, 0) is 21.2 Å². The Morgan fingerprint density at radius 1 is 1.06 bits per heavy atom. The third kappa shape index (κ3) is 5.02. The molecule has 7 nitrogen and oxygen atoms in total. The topological polar surface area (TPSA) is 101 Å². The minimum atomic E-state index is -3.73. The number of amides is 1. The van der Waals surface area contributed by atoms with Crippen molar-refractivity contribution < 1.29 is 13.2 Å². The molecule has 4 aromatic rings. The van der Waals surface area contributed by atoms with Crippen LogP contribution in [0, 0.1) is 5.92 Å². The van der Waals surface area contributed by atoms with E-state index in [1.54, 1.807) is 42.5 Å². The van der Waals surface area contributed by atoms with Crippen LogP contribution in [0.4, 0.5) is 11.5 Å². The number of aryl methyl sites for hydroxylation is 1. The first-order valence-electron chi connectivity index (χ1n) is 11.7. The Hall–Kier alpha value is -3.78. The lowest BCUT2D eigenvalue weighted by Gasteiger charge is -2.10. The van der Waals surface area contributed by atoms with E-state index < -0.39 is 10.0 Å². The van der Waals surface area contributed by atoms with E-state index in [4.69, 9.17) is 0 Å². The number of sulfonamides is 1. The maximum absolute atomic E-state index is 12.9. The maximum Gasteiger partial charge on any atom is 0.263 e. The summed E-state index contributed by atoms with van der Waals surface area (Å²) in [4.78, 5) is 21.4. The Bertz CT molecular complexity index is 1470. The predicted molar refractivity (Wildman–Crippen MR) is 137 cm³/mol. The van der Waals surface area contributed by atoms with Crippen LogP contribution < -0.4 is 10.0 Å². The van der Waals surface area contributed by atoms with Crippen LogP contribution in [-0.4, -0.2) is 24.3 Å². The zero-order valence-corrected chi connectivity index (χ0v) is 20.1. The molecular weight excluding hydrogens is 460 g/mol. The molecule has 2 aromatic carbocycles. The van der Waals surface area contributed by atoms with Crippen LogP contribution in [0.25, 0.3) is 10.8 Å². The Morgan fingerprint density at radius 2 is 1.89 bits per heavy atom. The third-order valence-electron chi connectivity index (χ3n) is 6.28. The molecule has 8 heteroatoms. The lowest BCUT2D eigenvalue weighted by molar-refractivity contribution is -0.117. The van der Waals surface area contributed by atoms with Crippen molar-refractivity contribution in [1.82, 2.24) is 9.97 Å². The maximum atomic E-state index is 12.9. The van der Waals surface area contributed by atoms with Gasteiger partial charge in [0.2, 0.25) is 5.91 Å². The van der Waals surface area contributed by atoms with Gasteiger partial charge in [0, 0.05) is 35.6 Å². The van der Waals surface area contributed by atoms with E-state index >= 15 is 0 Å². The van der Waals surface area contributed by atoms with E-state index in [-0.39, 0.29) is 28.5 Å². The predicted octanol–water partition coefficient (Wildman–Crippen LogP) is 5.13. The van der Waals surface area contributed by atoms with Gasteiger partial charge in [-0.3, -0.25) is 14.5 Å². The van der Waals surface area contributed by atoms with Gasteiger partial charge in [0.15, 0.2) is 0 Å². The number of rotatable bonds is 8. The Labute approximate surface area is 204 Å². The van der Waals surface area contributed by atoms with Crippen LogP contribution in [0.3, 0.4) is 0 Å². The Kier molecular flexibility index (Phi) is 6.21. The van der Waals surface area contributed by atoms with E-state index in [9.17, 15) is 13.2 Å². The number of hydrogen-bond acceptors (Lipinski definition) is 5. The molecule has 1 fully saturated rings. The van der Waals surface area contributed by atoms with Gasteiger partial charge in [-0.1, -0.05) is 37.6 Å². The summed E-state index contributed by atoms with van der Waals surface area (Å²) >= 11 is 0. The molecule has 0 aliphatic heterocycles. The molecule has 2 aromatic heterocycles. The summed E-state index contributed by atoms with van der Waals surface area (Å²) in [5.74, 6) is 0.194. The second kappa shape index (κ2) is 9.46. The summed E-state index contributed by atoms with van der Waals surface area (Å²) in [6, 6.07) is 17.6. The molecule has 1 saturated carbocycles. The Morgan fingerprint density at radius 3 is 2.63 bits per heavy atom. The van der Waals surface area contributed by atoms with E-state index in [1.807, 2.05) is 30.6 Å². The van der Waals surface area contributed by atoms with Crippen LogP contribution in [0.15, 0.2) is 84.1 Å². The van der Waals surface area contributed by atoms with Gasteiger partial charge in [0.05, 0.1) is 4.90 Å². The smallest absolute Gasteiger partial charge is 0.263 e. The molecule has 0 saturated heterocycles. The lowest BCUT2D eigenvalue weighted by Crippen LogP contribution is -2.15. The number of pyridine rings is 2. The second-order valence-corrected chi connectivity index (χ2v) is 10.5. The van der Waals surface area contributed by atoms with Crippen LogP contribution in [0.5, 0.6) is 0 Å². The monoisotopic (exact) mass is 486 g/mol. The largest absolute Gasteiger partial charge is 0.326 e. The number of hydrogen-bond donors (Lipinski definition) is 2. The Balaban J connectivity index is 1.25. The molecule has 2 heterocycles. The van der Waals surface area contributed by atoms with Crippen molar-refractivity contribution in [2.75, 3.05) is 10.0 Å². The number of aromatic nitrogens is 2. The minimum absolute atomic E-state index is 0.0195. The van der Waals surface area contributed by atoms with Crippen molar-refractivity contribution in [1.29, 1.82) is 0 Å². The average Bonchev–Trinajstić information content (AvgIpc) is 3.66. The molecule has 5 rings (SSSR count). The van der Waals surface area contributed by atoms with Gasteiger partial charge in [-0.2, -0.15) is 0 Å². The first-order valence-corrected chi connectivity index (χ1v) is 13.1. The highest BCUT2D eigenvalue weighted by atomic mass is 32.2. The average molecular weight is 487 g/mol. The van der Waals surface area contributed by atoms with Crippen molar-refractivity contribution in [2.24, 2.45) is 5.92 Å². The molecule has 1 amide bonds. The standard InChI is InChI=1S/C27H26N4O3S/c1-2-5-19-16-28-17-20-7-10-21(14-23(19)20)30-27(32)25-15-24(25)18-8-11-22(12-9-18)35(33,34)31-26-6-3-4-13-29-26/h3-4,6-14,16-17,24-25H,2,5,15H2,1H3,(H,29,31)(H,30,32)/t24?,25-/m1/s1. The quantitative estimate of drug-likeness (QED) is 0.360. The van der Waals surface area contributed by atoms with Crippen LogP contribution in [0.1, 0.15) is 36.8 Å². The molecular formula is C27H26N4O3S. The summed E-state index contributed by atoms with van der Waals surface area (Å²) in [7, 11) is -3.73. The molecule has 178 valence electrons. The molecule has 1 aliphatic carbocycles. The molecule has 1 unspecified atom stereocenters. The number of nitrogens with zero attached hydrogens (tertiary/aromatic N) is 2. The number of anilines is 2. The van der Waals surface area contributed by atoms with Gasteiger partial charge in [-0.25, -0.2) is 13.4 Å². The summed E-state index contributed by atoms with van der Waals surface area (Å²) in [5.41, 5.74) is 2.91. The first-order chi connectivity index (χ1) is 16.9. The fourth-order valence-corrected chi connectivity index (χ4v) is 5.38. The highest BCUT2D eigenvalue weighted by molar-refractivity contribution is 7.92. The van der Waals surface area contributed by atoms with Crippen LogP contribution >= 0.6 is 0 Å². The van der Waals surface area contributed by atoms with Crippen molar-refractivity contribution in [3.8, 4) is 0 Å². The van der Waals surface area contributed by atoms with E-state index in [1.165, 1.54) is 11.8 Å². The molecule has 0 bridgehead atoms. The molecule has 0 radical (unpaired) electrons. The number of nitrogens with one attached hydrogen (secondary N) is 2. The fraction of sp³-hybridized carbons (Fsp3) is 0.222. The van der Waals surface area contributed by atoms with Gasteiger partial charge in [0.1, 0.15) is 5.82 Å². The van der Waals surface area contributed by atoms with Gasteiger partial charge in [-0.05, 0) is 71.7 Å². The van der Waals surface area contributed by atoms with E-state index in [0.29, 0.717) is 0 Å². The van der Waals surface area contributed by atoms with Gasteiger partial charge >= 0.3 is 0 Å². The van der Waals surface area contributed by atoms with Crippen molar-refractivity contribution in [3.63, 3.8) is 0 Å². The van der Waals surface area contributed by atoms with Crippen molar-refractivity contribution in [2.45, 2.75) is 37.0 Å². The number of carbonyl (C=O) groups excluding carboxylic acids is 1. The summed E-state index contributed by atoms with van der Waals surface area (Å²) in [5, 5.41) is 5.23. The molecule has 1 aliphatic rings. The zero-order valence-electron chi connectivity index (χ0n) is 19.3. The van der Waals surface area contributed by atoms with E-state index in [0.717, 1.165) is 41.3 Å². The van der Waals surface area contributed by atoms with Gasteiger partial charge in [-0.15, -0.1) is 0 Å². The number of carbonyl (C=O) groups is 1. The third-order valence-corrected chi connectivity index (χ3v) is 7.65.